The molecule has 0 saturated carbocycles. The molecule has 1 N–H and O–H groups in total. The van der Waals surface area contributed by atoms with Gasteiger partial charge in [0.2, 0.25) is 0 Å². The van der Waals surface area contributed by atoms with Crippen LogP contribution in [0.3, 0.4) is 0 Å². The first-order valence-corrected chi connectivity index (χ1v) is 7.09. The van der Waals surface area contributed by atoms with Gasteiger partial charge < -0.3 is 10.0 Å². The van der Waals surface area contributed by atoms with E-state index in [1.807, 2.05) is 18.2 Å². The molecule has 1 aliphatic heterocycles. The van der Waals surface area contributed by atoms with Crippen LogP contribution < -0.4 is 4.90 Å². The average Bonchev–Trinajstić information content (AvgIpc) is 2.98. The molecule has 1 aromatic carbocycles. The molecule has 4 nitrogen and oxygen atoms in total. The van der Waals surface area contributed by atoms with Gasteiger partial charge in [-0.05, 0) is 37.1 Å². The van der Waals surface area contributed by atoms with E-state index < -0.39 is 5.97 Å². The van der Waals surface area contributed by atoms with E-state index in [2.05, 4.69) is 22.0 Å². The highest BCUT2D eigenvalue weighted by molar-refractivity contribution is 5.82. The van der Waals surface area contributed by atoms with Gasteiger partial charge in [-0.25, -0.2) is 0 Å². The molecule has 0 amide bonds. The van der Waals surface area contributed by atoms with Crippen molar-refractivity contribution in [3.05, 3.63) is 36.0 Å². The van der Waals surface area contributed by atoms with Gasteiger partial charge in [-0.3, -0.25) is 9.78 Å². The lowest BCUT2D eigenvalue weighted by Crippen LogP contribution is -2.17. The fraction of sp³-hybridized carbons (Fsp3) is 0.375. The third-order valence-corrected chi connectivity index (χ3v) is 3.80. The van der Waals surface area contributed by atoms with Crippen molar-refractivity contribution in [3.8, 4) is 0 Å². The van der Waals surface area contributed by atoms with Crippen molar-refractivity contribution in [2.45, 2.75) is 25.7 Å². The van der Waals surface area contributed by atoms with E-state index in [-0.39, 0.29) is 6.42 Å². The van der Waals surface area contributed by atoms with E-state index in [1.54, 1.807) is 0 Å². The van der Waals surface area contributed by atoms with Crippen molar-refractivity contribution >= 4 is 22.6 Å². The molecule has 0 unspecified atom stereocenters. The Morgan fingerprint density at radius 1 is 1.20 bits per heavy atom. The van der Waals surface area contributed by atoms with Gasteiger partial charge in [-0.1, -0.05) is 6.07 Å². The number of hydrogen-bond acceptors (Lipinski definition) is 3. The molecule has 1 aliphatic rings. The Hall–Kier alpha value is -2.10. The molecule has 104 valence electrons. The fourth-order valence-electron chi connectivity index (χ4n) is 2.70. The van der Waals surface area contributed by atoms with Gasteiger partial charge in [0, 0.05) is 36.3 Å². The normalized spacial score (nSPS) is 14.9. The van der Waals surface area contributed by atoms with Crippen LogP contribution in [-0.2, 0) is 11.2 Å². The van der Waals surface area contributed by atoms with Crippen LogP contribution in [0.25, 0.3) is 10.9 Å². The topological polar surface area (TPSA) is 53.4 Å². The summed E-state index contributed by atoms with van der Waals surface area (Å²) < 4.78 is 0. The van der Waals surface area contributed by atoms with Crippen molar-refractivity contribution in [1.82, 2.24) is 4.98 Å². The van der Waals surface area contributed by atoms with E-state index in [0.717, 1.165) is 29.7 Å². The first-order chi connectivity index (χ1) is 9.72. The summed E-state index contributed by atoms with van der Waals surface area (Å²) >= 11 is 0. The summed E-state index contributed by atoms with van der Waals surface area (Å²) in [7, 11) is 0. The van der Waals surface area contributed by atoms with Crippen molar-refractivity contribution in [2.24, 2.45) is 0 Å². The third-order valence-electron chi connectivity index (χ3n) is 3.80. The van der Waals surface area contributed by atoms with E-state index in [1.165, 1.54) is 18.5 Å². The molecule has 0 atom stereocenters. The Morgan fingerprint density at radius 2 is 2.00 bits per heavy atom. The zero-order valence-electron chi connectivity index (χ0n) is 11.4. The maximum Gasteiger partial charge on any atom is 0.303 e. The predicted octanol–water partition coefficient (Wildman–Crippen LogP) is 2.85. The average molecular weight is 270 g/mol. The van der Waals surface area contributed by atoms with Crippen LogP contribution in [0, 0.1) is 0 Å². The molecule has 0 aliphatic carbocycles. The smallest absolute Gasteiger partial charge is 0.303 e. The summed E-state index contributed by atoms with van der Waals surface area (Å²) in [6.45, 7) is 2.27. The van der Waals surface area contributed by atoms with Gasteiger partial charge in [-0.2, -0.15) is 0 Å². The van der Waals surface area contributed by atoms with E-state index in [0.29, 0.717) is 6.42 Å². The van der Waals surface area contributed by atoms with E-state index in [4.69, 9.17) is 5.11 Å². The number of benzene rings is 1. The summed E-state index contributed by atoms with van der Waals surface area (Å²) in [6, 6.07) is 10.3. The lowest BCUT2D eigenvalue weighted by Gasteiger charge is -2.17. The Morgan fingerprint density at radius 3 is 2.75 bits per heavy atom. The molecule has 20 heavy (non-hydrogen) atoms. The van der Waals surface area contributed by atoms with Gasteiger partial charge in [0.1, 0.15) is 0 Å². The Kier molecular flexibility index (Phi) is 3.54. The minimum absolute atomic E-state index is 0.129. The summed E-state index contributed by atoms with van der Waals surface area (Å²) in [5.74, 6) is -0.781. The number of rotatable bonds is 4. The minimum Gasteiger partial charge on any atom is -0.481 e. The molecule has 2 heterocycles. The van der Waals surface area contributed by atoms with Gasteiger partial charge in [0.05, 0.1) is 11.9 Å². The highest BCUT2D eigenvalue weighted by Crippen LogP contribution is 2.24. The number of aryl methyl sites for hydroxylation is 1. The Labute approximate surface area is 118 Å². The fourth-order valence-corrected chi connectivity index (χ4v) is 2.70. The predicted molar refractivity (Wildman–Crippen MR) is 79.1 cm³/mol. The van der Waals surface area contributed by atoms with E-state index in [9.17, 15) is 4.79 Å². The molecule has 0 spiro atoms. The highest BCUT2D eigenvalue weighted by atomic mass is 16.4. The van der Waals surface area contributed by atoms with Crippen molar-refractivity contribution in [1.29, 1.82) is 0 Å². The molecule has 0 bridgehead atoms. The molecule has 0 radical (unpaired) electrons. The van der Waals surface area contributed by atoms with Gasteiger partial charge in [-0.15, -0.1) is 0 Å². The molecule has 2 aromatic rings. The number of carbonyl (C=O) groups is 1. The van der Waals surface area contributed by atoms with Gasteiger partial charge in [0.25, 0.3) is 0 Å². The molecule has 3 rings (SSSR count). The number of nitrogens with zero attached hydrogens (tertiary/aromatic N) is 2. The second-order valence-electron chi connectivity index (χ2n) is 5.27. The van der Waals surface area contributed by atoms with Gasteiger partial charge in [0.15, 0.2) is 0 Å². The van der Waals surface area contributed by atoms with Crippen molar-refractivity contribution < 1.29 is 9.90 Å². The molecule has 1 aromatic heterocycles. The van der Waals surface area contributed by atoms with Crippen LogP contribution in [0.1, 0.15) is 25.0 Å². The maximum atomic E-state index is 10.6. The number of aliphatic carboxylic acids is 1. The van der Waals surface area contributed by atoms with Crippen LogP contribution in [0.2, 0.25) is 0 Å². The number of carboxylic acid groups (broad SMARTS) is 1. The highest BCUT2D eigenvalue weighted by Gasteiger charge is 2.12. The first-order valence-electron chi connectivity index (χ1n) is 7.09. The second-order valence-corrected chi connectivity index (χ2v) is 5.27. The Bertz CT molecular complexity index is 633. The number of pyridine rings is 1. The number of aromatic nitrogens is 1. The maximum absolute atomic E-state index is 10.6. The summed E-state index contributed by atoms with van der Waals surface area (Å²) in [4.78, 5) is 17.5. The summed E-state index contributed by atoms with van der Waals surface area (Å²) in [5, 5.41) is 9.83. The molecule has 1 fully saturated rings. The molecular weight excluding hydrogens is 252 g/mol. The van der Waals surface area contributed by atoms with Crippen LogP contribution in [0.15, 0.2) is 30.3 Å². The monoisotopic (exact) mass is 270 g/mol. The summed E-state index contributed by atoms with van der Waals surface area (Å²) in [6.07, 6.45) is 3.15. The summed E-state index contributed by atoms with van der Waals surface area (Å²) in [5.41, 5.74) is 3.04. The minimum atomic E-state index is -0.781. The number of hydrogen-bond donors (Lipinski definition) is 1. The molecular formula is C16H18N2O2. The van der Waals surface area contributed by atoms with Crippen molar-refractivity contribution in [2.75, 3.05) is 18.0 Å². The number of fused-ring (bicyclic) bond motifs is 1. The lowest BCUT2D eigenvalue weighted by atomic mass is 10.1. The van der Waals surface area contributed by atoms with Gasteiger partial charge >= 0.3 is 5.97 Å². The first kappa shape index (κ1) is 12.9. The van der Waals surface area contributed by atoms with Crippen LogP contribution in [-0.4, -0.2) is 29.1 Å². The Balaban J connectivity index is 1.84. The van der Waals surface area contributed by atoms with Crippen molar-refractivity contribution in [3.63, 3.8) is 0 Å². The largest absolute Gasteiger partial charge is 0.481 e. The number of carboxylic acids is 1. The molecule has 1 saturated heterocycles. The van der Waals surface area contributed by atoms with Crippen LogP contribution in [0.4, 0.5) is 5.69 Å². The zero-order chi connectivity index (χ0) is 13.9. The number of anilines is 1. The third kappa shape index (κ3) is 2.74. The quantitative estimate of drug-likeness (QED) is 0.928. The van der Waals surface area contributed by atoms with Crippen LogP contribution in [0.5, 0.6) is 0 Å². The lowest BCUT2D eigenvalue weighted by molar-refractivity contribution is -0.136. The zero-order valence-corrected chi connectivity index (χ0v) is 11.4. The second kappa shape index (κ2) is 5.49. The molecule has 4 heteroatoms. The SMILES string of the molecule is O=C(O)CCc1ccc2cc(N3CCCC3)ccc2n1. The van der Waals surface area contributed by atoms with Crippen LogP contribution >= 0.6 is 0 Å². The standard InChI is InChI=1S/C16H18N2O2/c19-16(20)8-5-13-4-3-12-11-14(6-7-15(12)17-13)18-9-1-2-10-18/h3-4,6-7,11H,1-2,5,8-10H2,(H,19,20). The van der Waals surface area contributed by atoms with E-state index >= 15 is 0 Å².